The predicted molar refractivity (Wildman–Crippen MR) is 156 cm³/mol. The molecule has 0 aliphatic carbocycles. The van der Waals surface area contributed by atoms with Gasteiger partial charge in [-0.15, -0.1) is 10.2 Å². The van der Waals surface area contributed by atoms with Crippen molar-refractivity contribution in [3.63, 3.8) is 0 Å². The molecule has 7 rings (SSSR count). The largest absolute Gasteiger partial charge is 0.416 e. The summed E-state index contributed by atoms with van der Waals surface area (Å²) in [6.45, 7) is 3.87. The third-order valence-corrected chi connectivity index (χ3v) is 7.79. The molecule has 0 bridgehead atoms. The van der Waals surface area contributed by atoms with Gasteiger partial charge in [-0.1, -0.05) is 12.1 Å². The van der Waals surface area contributed by atoms with Gasteiger partial charge in [0.25, 0.3) is 0 Å². The number of nitrogens with zero attached hydrogens (tertiary/aromatic N) is 8. The highest BCUT2D eigenvalue weighted by Gasteiger charge is 2.31. The van der Waals surface area contributed by atoms with E-state index in [2.05, 4.69) is 42.3 Å². The molecular formula is C30H26F3N9O. The number of pyridine rings is 2. The van der Waals surface area contributed by atoms with Crippen LogP contribution in [0.5, 0.6) is 0 Å². The third kappa shape index (κ3) is 5.06. The fourth-order valence-electron chi connectivity index (χ4n) is 5.51. The lowest BCUT2D eigenvalue weighted by atomic mass is 10.0. The van der Waals surface area contributed by atoms with Crippen molar-refractivity contribution >= 4 is 39.4 Å². The van der Waals surface area contributed by atoms with Gasteiger partial charge in [0.15, 0.2) is 0 Å². The normalized spacial score (nSPS) is 15.1. The van der Waals surface area contributed by atoms with E-state index in [1.165, 1.54) is 12.4 Å². The maximum absolute atomic E-state index is 13.6. The number of benzene rings is 2. The summed E-state index contributed by atoms with van der Waals surface area (Å²) < 4.78 is 44.2. The number of imidazole rings is 1. The summed E-state index contributed by atoms with van der Waals surface area (Å²) in [6.07, 6.45) is 0.366. The van der Waals surface area contributed by atoms with Crippen molar-refractivity contribution in [1.82, 2.24) is 38.9 Å². The standard InChI is InChI=1S/C30H26F3N9O/c1-39-9-11-40(12-10-39)17-27(43)37-26-8-6-20(15-35-26)19-5-7-24-23(13-19)28-25(16-34-24)41-18-36-38-29(41)42(28)22-4-2-3-21(14-22)30(31,32)33/h2-8,13-16,18H,9-12,17H2,1H3,(H,35,37,43). The van der Waals surface area contributed by atoms with Gasteiger partial charge < -0.3 is 10.2 Å². The first-order chi connectivity index (χ1) is 20.7. The van der Waals surface area contributed by atoms with Crippen LogP contribution in [0, 0.1) is 0 Å². The van der Waals surface area contributed by atoms with Crippen LogP contribution in [0.25, 0.3) is 44.5 Å². The summed E-state index contributed by atoms with van der Waals surface area (Å²) in [7, 11) is 2.07. The van der Waals surface area contributed by atoms with E-state index in [4.69, 9.17) is 0 Å². The highest BCUT2D eigenvalue weighted by atomic mass is 19.4. The average Bonchev–Trinajstić information content (AvgIpc) is 3.59. The molecule has 218 valence electrons. The average molecular weight is 586 g/mol. The third-order valence-electron chi connectivity index (χ3n) is 7.79. The Morgan fingerprint density at radius 3 is 2.53 bits per heavy atom. The van der Waals surface area contributed by atoms with Crippen LogP contribution < -0.4 is 5.32 Å². The summed E-state index contributed by atoms with van der Waals surface area (Å²) >= 11 is 0. The minimum Gasteiger partial charge on any atom is -0.310 e. The number of likely N-dealkylation sites (N-methyl/N-ethyl adjacent to an activating group) is 1. The van der Waals surface area contributed by atoms with Gasteiger partial charge in [-0.05, 0) is 55.1 Å². The van der Waals surface area contributed by atoms with Gasteiger partial charge in [0.2, 0.25) is 11.7 Å². The molecule has 1 fully saturated rings. The lowest BCUT2D eigenvalue weighted by molar-refractivity contribution is -0.137. The van der Waals surface area contributed by atoms with Crippen LogP contribution >= 0.6 is 0 Å². The zero-order valence-corrected chi connectivity index (χ0v) is 23.1. The van der Waals surface area contributed by atoms with E-state index in [0.29, 0.717) is 40.4 Å². The minimum atomic E-state index is -4.50. The molecule has 1 amide bonds. The van der Waals surface area contributed by atoms with E-state index in [1.54, 1.807) is 33.5 Å². The van der Waals surface area contributed by atoms with Crippen LogP contribution in [0.4, 0.5) is 19.0 Å². The van der Waals surface area contributed by atoms with E-state index in [0.717, 1.165) is 54.8 Å². The number of anilines is 1. The SMILES string of the molecule is CN1CCN(CC(=O)Nc2ccc(-c3ccc4ncc5c(c4c3)n(-c3cccc(C(F)(F)F)c3)c3nncn53)cn2)CC1. The van der Waals surface area contributed by atoms with Crippen LogP contribution in [0.2, 0.25) is 0 Å². The second kappa shape index (κ2) is 10.4. The van der Waals surface area contributed by atoms with Gasteiger partial charge in [0, 0.05) is 49.0 Å². The first-order valence-corrected chi connectivity index (χ1v) is 13.7. The molecule has 0 atom stereocenters. The Labute approximate surface area is 243 Å². The number of fused-ring (bicyclic) bond motifs is 5. The number of halogens is 3. The highest BCUT2D eigenvalue weighted by molar-refractivity contribution is 6.06. The number of aromatic nitrogens is 6. The summed E-state index contributed by atoms with van der Waals surface area (Å²) in [6, 6.07) is 14.5. The van der Waals surface area contributed by atoms with E-state index in [-0.39, 0.29) is 5.91 Å². The molecule has 1 saturated heterocycles. The maximum Gasteiger partial charge on any atom is 0.416 e. The number of carbonyl (C=O) groups is 1. The first-order valence-electron chi connectivity index (χ1n) is 13.7. The van der Waals surface area contributed by atoms with E-state index in [1.807, 2.05) is 24.3 Å². The van der Waals surface area contributed by atoms with Crippen LogP contribution in [0.3, 0.4) is 0 Å². The van der Waals surface area contributed by atoms with Crippen molar-refractivity contribution in [3.8, 4) is 16.8 Å². The van der Waals surface area contributed by atoms with Gasteiger partial charge in [-0.2, -0.15) is 13.2 Å². The molecule has 0 saturated carbocycles. The molecule has 1 N–H and O–H groups in total. The van der Waals surface area contributed by atoms with Crippen molar-refractivity contribution in [1.29, 1.82) is 0 Å². The quantitative estimate of drug-likeness (QED) is 0.319. The van der Waals surface area contributed by atoms with E-state index in [9.17, 15) is 18.0 Å². The number of hydrogen-bond donors (Lipinski definition) is 1. The summed E-state index contributed by atoms with van der Waals surface area (Å²) in [5.74, 6) is 0.714. The Bertz CT molecular complexity index is 1970. The van der Waals surface area contributed by atoms with Gasteiger partial charge in [0.05, 0.1) is 34.9 Å². The predicted octanol–water partition coefficient (Wildman–Crippen LogP) is 4.49. The molecule has 1 aliphatic heterocycles. The Morgan fingerprint density at radius 2 is 1.77 bits per heavy atom. The minimum absolute atomic E-state index is 0.112. The molecule has 4 aromatic heterocycles. The topological polar surface area (TPSA) is 96.5 Å². The second-order valence-corrected chi connectivity index (χ2v) is 10.7. The molecule has 1 aliphatic rings. The van der Waals surface area contributed by atoms with Gasteiger partial charge in [-0.25, -0.2) is 4.98 Å². The molecule has 10 nitrogen and oxygen atoms in total. The summed E-state index contributed by atoms with van der Waals surface area (Å²) in [4.78, 5) is 26.0. The zero-order valence-electron chi connectivity index (χ0n) is 23.1. The zero-order chi connectivity index (χ0) is 29.7. The number of hydrogen-bond acceptors (Lipinski definition) is 7. The van der Waals surface area contributed by atoms with Crippen LogP contribution in [-0.2, 0) is 11.0 Å². The van der Waals surface area contributed by atoms with Crippen LogP contribution in [0.15, 0.2) is 73.3 Å². The number of carbonyl (C=O) groups excluding carboxylic acids is 1. The number of piperazine rings is 1. The van der Waals surface area contributed by atoms with Crippen LogP contribution in [-0.4, -0.2) is 84.6 Å². The van der Waals surface area contributed by atoms with E-state index >= 15 is 0 Å². The van der Waals surface area contributed by atoms with Crippen molar-refractivity contribution in [3.05, 3.63) is 78.9 Å². The van der Waals surface area contributed by atoms with Gasteiger partial charge in [0.1, 0.15) is 12.1 Å². The monoisotopic (exact) mass is 585 g/mol. The molecule has 0 unspecified atom stereocenters. The second-order valence-electron chi connectivity index (χ2n) is 10.7. The smallest absolute Gasteiger partial charge is 0.310 e. The summed E-state index contributed by atoms with van der Waals surface area (Å²) in [5, 5.41) is 11.8. The lowest BCUT2D eigenvalue weighted by Gasteiger charge is -2.31. The molecule has 43 heavy (non-hydrogen) atoms. The lowest BCUT2D eigenvalue weighted by Crippen LogP contribution is -2.47. The molecule has 0 spiro atoms. The van der Waals surface area contributed by atoms with Gasteiger partial charge >= 0.3 is 6.18 Å². The highest BCUT2D eigenvalue weighted by Crippen LogP contribution is 2.35. The van der Waals surface area contributed by atoms with Crippen molar-refractivity contribution in [2.24, 2.45) is 0 Å². The Morgan fingerprint density at radius 1 is 0.953 bits per heavy atom. The Hall–Kier alpha value is -4.88. The van der Waals surface area contributed by atoms with Crippen LogP contribution in [0.1, 0.15) is 5.56 Å². The van der Waals surface area contributed by atoms with Crippen molar-refractivity contribution in [2.75, 3.05) is 45.1 Å². The fraction of sp³-hybridized carbons (Fsp3) is 0.233. The maximum atomic E-state index is 13.6. The molecular weight excluding hydrogens is 559 g/mol. The molecule has 6 aromatic rings. The van der Waals surface area contributed by atoms with Crippen molar-refractivity contribution in [2.45, 2.75) is 6.18 Å². The number of nitrogens with one attached hydrogen (secondary N) is 1. The Balaban J connectivity index is 1.24. The molecule has 13 heteroatoms. The Kier molecular flexibility index (Phi) is 6.55. The van der Waals surface area contributed by atoms with Crippen molar-refractivity contribution < 1.29 is 18.0 Å². The van der Waals surface area contributed by atoms with Gasteiger partial charge in [-0.3, -0.25) is 23.6 Å². The molecule has 2 aromatic carbocycles. The first kappa shape index (κ1) is 27.0. The number of amides is 1. The van der Waals surface area contributed by atoms with E-state index < -0.39 is 11.7 Å². The summed E-state index contributed by atoms with van der Waals surface area (Å²) in [5.41, 5.74) is 3.15. The number of rotatable bonds is 5. The molecule has 5 heterocycles. The fourth-order valence-corrected chi connectivity index (χ4v) is 5.51. The number of alkyl halides is 3. The molecule has 0 radical (unpaired) electrons.